The van der Waals surface area contributed by atoms with Gasteiger partial charge < -0.3 is 9.32 Å². The molecule has 0 bridgehead atoms. The van der Waals surface area contributed by atoms with Crippen LogP contribution < -0.4 is 4.90 Å². The first-order valence-corrected chi connectivity index (χ1v) is 7.74. The van der Waals surface area contributed by atoms with Gasteiger partial charge in [0.05, 0.1) is 0 Å². The zero-order valence-electron chi connectivity index (χ0n) is 14.0. The second-order valence-electron chi connectivity index (χ2n) is 6.89. The largest absolute Gasteiger partial charge is 0.416 e. The van der Waals surface area contributed by atoms with E-state index in [1.807, 2.05) is 12.1 Å². The first kappa shape index (κ1) is 14.9. The molecule has 0 radical (unpaired) electrons. The fourth-order valence-corrected chi connectivity index (χ4v) is 3.37. The lowest BCUT2D eigenvalue weighted by Crippen LogP contribution is -2.24. The molecule has 0 aliphatic carbocycles. The van der Waals surface area contributed by atoms with Crippen molar-refractivity contribution in [1.29, 1.82) is 0 Å². The molecule has 24 heavy (non-hydrogen) atoms. The Morgan fingerprint density at radius 3 is 2.62 bits per heavy atom. The lowest BCUT2D eigenvalue weighted by molar-refractivity contribution is 0.543. The monoisotopic (exact) mass is 327 g/mol. The first-order valence-electron chi connectivity index (χ1n) is 7.74. The Balaban J connectivity index is 1.74. The number of aryl methyl sites for hydroxylation is 1. The summed E-state index contributed by atoms with van der Waals surface area (Å²) in [5.41, 5.74) is 3.59. The highest BCUT2D eigenvalue weighted by Crippen LogP contribution is 2.41. The summed E-state index contributed by atoms with van der Waals surface area (Å²) in [6, 6.07) is 6.11. The highest BCUT2D eigenvalue weighted by Gasteiger charge is 2.33. The summed E-state index contributed by atoms with van der Waals surface area (Å²) in [6.45, 7) is 5.41. The van der Waals surface area contributed by atoms with Crippen LogP contribution in [0.15, 0.2) is 28.8 Å². The third-order valence-corrected chi connectivity index (χ3v) is 4.46. The molecule has 7 heteroatoms. The maximum absolute atomic E-state index is 13.8. The molecule has 124 valence electrons. The number of rotatable bonds is 2. The van der Waals surface area contributed by atoms with Crippen LogP contribution in [0, 0.1) is 5.95 Å². The molecule has 0 fully saturated rings. The minimum absolute atomic E-state index is 0.113. The Bertz CT molecular complexity index is 927. The normalized spacial score (nSPS) is 15.8. The van der Waals surface area contributed by atoms with Crippen molar-refractivity contribution >= 4 is 5.69 Å². The van der Waals surface area contributed by atoms with Crippen LogP contribution in [-0.4, -0.2) is 33.6 Å². The maximum atomic E-state index is 13.8. The van der Waals surface area contributed by atoms with Crippen LogP contribution in [-0.2, 0) is 12.5 Å². The summed E-state index contributed by atoms with van der Waals surface area (Å²) in [7, 11) is 3.71. The molecule has 0 unspecified atom stereocenters. The van der Waals surface area contributed by atoms with E-state index >= 15 is 0 Å². The number of likely N-dealkylation sites (N-methyl/N-ethyl adjacent to an activating group) is 1. The molecule has 0 amide bonds. The van der Waals surface area contributed by atoms with Crippen molar-refractivity contribution in [2.24, 2.45) is 7.05 Å². The molecule has 1 aliphatic heterocycles. The van der Waals surface area contributed by atoms with Gasteiger partial charge in [-0.05, 0) is 17.7 Å². The van der Waals surface area contributed by atoms with Crippen molar-refractivity contribution in [3.63, 3.8) is 0 Å². The Kier molecular flexibility index (Phi) is 3.03. The van der Waals surface area contributed by atoms with Gasteiger partial charge in [0.15, 0.2) is 0 Å². The summed E-state index contributed by atoms with van der Waals surface area (Å²) >= 11 is 0. The third kappa shape index (κ3) is 2.19. The topological polar surface area (TPSA) is 60.0 Å². The van der Waals surface area contributed by atoms with Gasteiger partial charge in [-0.1, -0.05) is 19.9 Å². The number of anilines is 1. The second kappa shape index (κ2) is 4.90. The van der Waals surface area contributed by atoms with Crippen molar-refractivity contribution in [2.75, 3.05) is 18.5 Å². The van der Waals surface area contributed by atoms with E-state index in [-0.39, 0.29) is 16.9 Å². The quantitative estimate of drug-likeness (QED) is 0.724. The van der Waals surface area contributed by atoms with E-state index in [0.29, 0.717) is 5.89 Å². The average Bonchev–Trinajstić information content (AvgIpc) is 3.17. The van der Waals surface area contributed by atoms with E-state index in [1.165, 1.54) is 16.4 Å². The van der Waals surface area contributed by atoms with Crippen molar-refractivity contribution in [3.8, 4) is 22.9 Å². The van der Waals surface area contributed by atoms with Crippen molar-refractivity contribution in [1.82, 2.24) is 20.0 Å². The van der Waals surface area contributed by atoms with Crippen LogP contribution in [0.3, 0.4) is 0 Å². The molecule has 6 nitrogen and oxygen atoms in total. The number of aromatic nitrogens is 4. The van der Waals surface area contributed by atoms with Crippen LogP contribution in [0.1, 0.15) is 19.4 Å². The van der Waals surface area contributed by atoms with Gasteiger partial charge in [0, 0.05) is 43.5 Å². The molecule has 1 aliphatic rings. The van der Waals surface area contributed by atoms with Gasteiger partial charge in [0.25, 0.3) is 5.89 Å². The Morgan fingerprint density at radius 1 is 1.17 bits per heavy atom. The first-order chi connectivity index (χ1) is 11.3. The molecule has 0 saturated heterocycles. The van der Waals surface area contributed by atoms with Gasteiger partial charge in [-0.25, -0.2) is 0 Å². The number of fused-ring (bicyclic) bond motifs is 1. The zero-order chi connectivity index (χ0) is 17.1. The average molecular weight is 327 g/mol. The van der Waals surface area contributed by atoms with Crippen LogP contribution in [0.25, 0.3) is 22.9 Å². The lowest BCUT2D eigenvalue weighted by Gasteiger charge is -2.18. The van der Waals surface area contributed by atoms with E-state index in [2.05, 4.69) is 47.2 Å². The number of benzene rings is 1. The summed E-state index contributed by atoms with van der Waals surface area (Å²) in [5.74, 6) is -0.123. The molecule has 1 aromatic carbocycles. The summed E-state index contributed by atoms with van der Waals surface area (Å²) in [4.78, 5) is 2.22. The van der Waals surface area contributed by atoms with Gasteiger partial charge in [0.1, 0.15) is 5.56 Å². The van der Waals surface area contributed by atoms with E-state index in [4.69, 9.17) is 4.42 Å². The number of hydrogen-bond acceptors (Lipinski definition) is 5. The summed E-state index contributed by atoms with van der Waals surface area (Å²) in [5, 5.41) is 11.7. The van der Waals surface area contributed by atoms with Gasteiger partial charge in [-0.3, -0.25) is 4.68 Å². The fourth-order valence-electron chi connectivity index (χ4n) is 3.37. The number of hydrogen-bond donors (Lipinski definition) is 0. The third-order valence-electron chi connectivity index (χ3n) is 4.46. The number of nitrogens with zero attached hydrogens (tertiary/aromatic N) is 5. The molecule has 0 saturated carbocycles. The van der Waals surface area contributed by atoms with Crippen LogP contribution in [0.2, 0.25) is 0 Å². The molecular weight excluding hydrogens is 309 g/mol. The Morgan fingerprint density at radius 2 is 1.92 bits per heavy atom. The van der Waals surface area contributed by atoms with Gasteiger partial charge >= 0.3 is 0 Å². The molecule has 2 aromatic heterocycles. The van der Waals surface area contributed by atoms with Gasteiger partial charge in [-0.15, -0.1) is 15.3 Å². The predicted octanol–water partition coefficient (Wildman–Crippen LogP) is 3.00. The van der Waals surface area contributed by atoms with Crippen LogP contribution >= 0.6 is 0 Å². The molecule has 3 aromatic rings. The van der Waals surface area contributed by atoms with Crippen molar-refractivity contribution < 1.29 is 8.81 Å². The minimum Gasteiger partial charge on any atom is -0.416 e. The van der Waals surface area contributed by atoms with Crippen molar-refractivity contribution in [3.05, 3.63) is 35.9 Å². The lowest BCUT2D eigenvalue weighted by atomic mass is 9.86. The molecule has 0 spiro atoms. The van der Waals surface area contributed by atoms with Crippen LogP contribution in [0.4, 0.5) is 10.1 Å². The summed E-state index contributed by atoms with van der Waals surface area (Å²) < 4.78 is 20.8. The van der Waals surface area contributed by atoms with E-state index in [9.17, 15) is 4.39 Å². The molecule has 0 N–H and O–H groups in total. The highest BCUT2D eigenvalue weighted by atomic mass is 19.1. The molecule has 4 rings (SSSR count). The Hall–Kier alpha value is -2.70. The second-order valence-corrected chi connectivity index (χ2v) is 6.89. The van der Waals surface area contributed by atoms with E-state index in [0.717, 1.165) is 17.8 Å². The van der Waals surface area contributed by atoms with Gasteiger partial charge in [-0.2, -0.15) is 4.39 Å². The maximum Gasteiger partial charge on any atom is 0.254 e. The fraction of sp³-hybridized carbons (Fsp3) is 0.353. The SMILES string of the molecule is CN1CC(C)(C)c2ccc(-c3nnc(-c4cn(C)nc4F)o3)cc21. The highest BCUT2D eigenvalue weighted by molar-refractivity contribution is 5.70. The van der Waals surface area contributed by atoms with E-state index in [1.54, 1.807) is 7.05 Å². The van der Waals surface area contributed by atoms with Crippen LogP contribution in [0.5, 0.6) is 0 Å². The molecular formula is C17H18FN5O. The van der Waals surface area contributed by atoms with Gasteiger partial charge in [0.2, 0.25) is 11.8 Å². The van der Waals surface area contributed by atoms with E-state index < -0.39 is 5.95 Å². The Labute approximate surface area is 138 Å². The predicted molar refractivity (Wildman–Crippen MR) is 88.2 cm³/mol. The minimum atomic E-state index is -0.622. The molecule has 3 heterocycles. The molecule has 0 atom stereocenters. The van der Waals surface area contributed by atoms with Crippen molar-refractivity contribution in [2.45, 2.75) is 19.3 Å². The summed E-state index contributed by atoms with van der Waals surface area (Å²) in [6.07, 6.45) is 1.52. The number of halogens is 1. The standard InChI is InChI=1S/C17H18FN5O/c1-17(2)9-22(3)13-7-10(5-6-12(13)17)15-19-20-16(24-15)11-8-23(4)21-14(11)18/h5-8H,9H2,1-4H3. The smallest absolute Gasteiger partial charge is 0.254 e. The zero-order valence-corrected chi connectivity index (χ0v) is 14.0.